The lowest BCUT2D eigenvalue weighted by Crippen LogP contribution is -2.42. The molecule has 0 saturated carbocycles. The van der Waals surface area contributed by atoms with Crippen LogP contribution < -0.4 is 11.2 Å². The maximum atomic E-state index is 11.8. The molecule has 0 saturated heterocycles. The number of nitro groups is 1. The molecule has 0 unspecified atom stereocenters. The van der Waals surface area contributed by atoms with Crippen molar-refractivity contribution in [3.05, 3.63) is 37.1 Å². The Hall–Kier alpha value is -2.29. The zero-order chi connectivity index (χ0) is 14.6. The summed E-state index contributed by atoms with van der Waals surface area (Å²) in [7, 11) is 1.29. The Balaban J connectivity index is 3.40. The van der Waals surface area contributed by atoms with Crippen LogP contribution in [0, 0.1) is 10.1 Å². The molecule has 1 rings (SSSR count). The first-order valence-corrected chi connectivity index (χ1v) is 5.41. The molecule has 19 heavy (non-hydrogen) atoms. The summed E-state index contributed by atoms with van der Waals surface area (Å²) in [5.74, 6) is -0.523. The van der Waals surface area contributed by atoms with Gasteiger partial charge in [0.1, 0.15) is 6.61 Å². The summed E-state index contributed by atoms with van der Waals surface area (Å²) in [6.45, 7) is 0.920. The smallest absolute Gasteiger partial charge is 0.350 e. The number of nitrogens with zero attached hydrogens (tertiary/aromatic N) is 3. The third-order valence-corrected chi connectivity index (χ3v) is 2.40. The molecular weight excluding hydrogens is 258 g/mol. The fourth-order valence-corrected chi connectivity index (χ4v) is 1.51. The highest BCUT2D eigenvalue weighted by Crippen LogP contribution is 2.00. The number of ketones is 1. The van der Waals surface area contributed by atoms with Gasteiger partial charge in [0.15, 0.2) is 5.78 Å². The van der Waals surface area contributed by atoms with E-state index in [2.05, 4.69) is 4.74 Å². The van der Waals surface area contributed by atoms with Crippen molar-refractivity contribution in [3.63, 3.8) is 0 Å². The lowest BCUT2D eigenvalue weighted by Gasteiger charge is -2.07. The topological polar surface area (TPSA) is 113 Å². The second-order valence-corrected chi connectivity index (χ2v) is 3.70. The number of Topliss-reactive ketones (excluding diaryl/α,β-unsaturated/α-hetero) is 1. The summed E-state index contributed by atoms with van der Waals surface area (Å²) in [6.07, 6.45) is 0.877. The predicted molar refractivity (Wildman–Crippen MR) is 64.2 cm³/mol. The molecule has 0 aliphatic rings. The van der Waals surface area contributed by atoms with Crippen molar-refractivity contribution >= 4 is 11.5 Å². The summed E-state index contributed by atoms with van der Waals surface area (Å²) in [4.78, 5) is 44.8. The van der Waals surface area contributed by atoms with E-state index in [4.69, 9.17) is 0 Å². The van der Waals surface area contributed by atoms with Crippen LogP contribution in [0.3, 0.4) is 0 Å². The number of hydrogen-bond acceptors (Lipinski definition) is 6. The number of aryl methyl sites for hydroxylation is 1. The van der Waals surface area contributed by atoms with Crippen LogP contribution in [0.15, 0.2) is 15.8 Å². The van der Waals surface area contributed by atoms with Crippen molar-refractivity contribution < 1.29 is 14.5 Å². The molecule has 0 atom stereocenters. The Bertz CT molecular complexity index is 615. The van der Waals surface area contributed by atoms with Crippen molar-refractivity contribution in [3.8, 4) is 0 Å². The van der Waals surface area contributed by atoms with E-state index in [-0.39, 0.29) is 13.2 Å². The van der Waals surface area contributed by atoms with E-state index < -0.39 is 34.2 Å². The molecular formula is C10H13N3O6. The molecule has 0 aliphatic carbocycles. The molecule has 1 aromatic rings. The van der Waals surface area contributed by atoms with Gasteiger partial charge in [-0.2, -0.15) is 0 Å². The van der Waals surface area contributed by atoms with E-state index in [0.717, 1.165) is 10.8 Å². The molecule has 0 spiro atoms. The van der Waals surface area contributed by atoms with Crippen LogP contribution in [-0.2, 0) is 22.6 Å². The Kier molecular flexibility index (Phi) is 4.70. The Morgan fingerprint density at radius 1 is 1.47 bits per heavy atom. The van der Waals surface area contributed by atoms with Crippen molar-refractivity contribution in [2.24, 2.45) is 0 Å². The van der Waals surface area contributed by atoms with Gasteiger partial charge in [-0.15, -0.1) is 0 Å². The lowest BCUT2D eigenvalue weighted by atomic mass is 10.4. The van der Waals surface area contributed by atoms with Crippen molar-refractivity contribution in [2.75, 3.05) is 13.7 Å². The van der Waals surface area contributed by atoms with Crippen molar-refractivity contribution in [2.45, 2.75) is 20.0 Å². The molecule has 0 radical (unpaired) electrons. The van der Waals surface area contributed by atoms with E-state index in [1.165, 1.54) is 7.11 Å². The molecule has 1 aromatic heterocycles. The van der Waals surface area contributed by atoms with E-state index in [0.29, 0.717) is 4.57 Å². The maximum absolute atomic E-state index is 11.8. The van der Waals surface area contributed by atoms with Gasteiger partial charge in [0.2, 0.25) is 0 Å². The van der Waals surface area contributed by atoms with Gasteiger partial charge in [0.25, 0.3) is 0 Å². The molecule has 0 aromatic carbocycles. The highest BCUT2D eigenvalue weighted by atomic mass is 16.6. The summed E-state index contributed by atoms with van der Waals surface area (Å²) in [5.41, 5.74) is -2.60. The predicted octanol–water partition coefficient (Wildman–Crippen LogP) is -0.846. The number of rotatable bonds is 6. The molecule has 9 nitrogen and oxygen atoms in total. The minimum absolute atomic E-state index is 0.151. The van der Waals surface area contributed by atoms with Gasteiger partial charge in [-0.1, -0.05) is 0 Å². The molecule has 0 fully saturated rings. The van der Waals surface area contributed by atoms with Crippen LogP contribution in [-0.4, -0.2) is 33.6 Å². The Morgan fingerprint density at radius 3 is 2.58 bits per heavy atom. The largest absolute Gasteiger partial charge is 0.377 e. The van der Waals surface area contributed by atoms with Gasteiger partial charge in [0.05, 0.1) is 17.7 Å². The van der Waals surface area contributed by atoms with Gasteiger partial charge in [-0.25, -0.2) is 9.36 Å². The first-order chi connectivity index (χ1) is 8.92. The van der Waals surface area contributed by atoms with Gasteiger partial charge >= 0.3 is 16.9 Å². The highest BCUT2D eigenvalue weighted by Gasteiger charge is 2.20. The summed E-state index contributed by atoms with van der Waals surface area (Å²) >= 11 is 0. The molecule has 1 heterocycles. The maximum Gasteiger partial charge on any atom is 0.350 e. The van der Waals surface area contributed by atoms with E-state index in [9.17, 15) is 24.5 Å². The van der Waals surface area contributed by atoms with Gasteiger partial charge in [-0.3, -0.25) is 24.3 Å². The standard InChI is InChI=1S/C10H13N3O6/c1-3-11-5-8(13(17)18)9(15)12(10(11)16)4-7(14)6-19-2/h5H,3-4,6H2,1-2H3. The molecule has 104 valence electrons. The lowest BCUT2D eigenvalue weighted by molar-refractivity contribution is -0.387. The monoisotopic (exact) mass is 271 g/mol. The molecule has 9 heteroatoms. The summed E-state index contributed by atoms with van der Waals surface area (Å²) < 4.78 is 6.13. The number of methoxy groups -OCH3 is 1. The fourth-order valence-electron chi connectivity index (χ4n) is 1.51. The number of aromatic nitrogens is 2. The average molecular weight is 271 g/mol. The Morgan fingerprint density at radius 2 is 2.11 bits per heavy atom. The third-order valence-electron chi connectivity index (χ3n) is 2.40. The fraction of sp³-hybridized carbons (Fsp3) is 0.500. The number of hydrogen-bond donors (Lipinski definition) is 0. The summed E-state index contributed by atoms with van der Waals surface area (Å²) in [5, 5.41) is 10.7. The second-order valence-electron chi connectivity index (χ2n) is 3.70. The normalized spacial score (nSPS) is 10.4. The zero-order valence-electron chi connectivity index (χ0n) is 10.5. The minimum Gasteiger partial charge on any atom is -0.377 e. The van der Waals surface area contributed by atoms with Crippen LogP contribution in [0.5, 0.6) is 0 Å². The minimum atomic E-state index is -1.09. The first-order valence-electron chi connectivity index (χ1n) is 5.41. The first kappa shape index (κ1) is 14.8. The zero-order valence-corrected chi connectivity index (χ0v) is 10.5. The molecule has 0 bridgehead atoms. The van der Waals surface area contributed by atoms with Crippen molar-refractivity contribution in [1.82, 2.24) is 9.13 Å². The average Bonchev–Trinajstić information content (AvgIpc) is 2.34. The third kappa shape index (κ3) is 3.13. The molecule has 0 aliphatic heterocycles. The van der Waals surface area contributed by atoms with Crippen LogP contribution in [0.2, 0.25) is 0 Å². The van der Waals surface area contributed by atoms with E-state index >= 15 is 0 Å². The quantitative estimate of drug-likeness (QED) is 0.492. The van der Waals surface area contributed by atoms with E-state index in [1.54, 1.807) is 6.92 Å². The number of carbonyl (C=O) groups excluding carboxylic acids is 1. The van der Waals surface area contributed by atoms with Crippen LogP contribution >= 0.6 is 0 Å². The number of ether oxygens (including phenoxy) is 1. The van der Waals surface area contributed by atoms with Gasteiger partial charge in [0, 0.05) is 13.7 Å². The second kappa shape index (κ2) is 6.05. The highest BCUT2D eigenvalue weighted by molar-refractivity contribution is 5.79. The number of carbonyl (C=O) groups is 1. The summed E-state index contributed by atoms with van der Waals surface area (Å²) in [6, 6.07) is 0. The van der Waals surface area contributed by atoms with E-state index in [1.807, 2.05) is 0 Å². The van der Waals surface area contributed by atoms with Crippen LogP contribution in [0.25, 0.3) is 0 Å². The molecule has 0 N–H and O–H groups in total. The Labute approximate surface area is 107 Å². The SMILES string of the molecule is CCn1cc([N+](=O)[O-])c(=O)n(CC(=O)COC)c1=O. The van der Waals surface area contributed by atoms with Gasteiger partial charge in [-0.05, 0) is 6.92 Å². The molecule has 0 amide bonds. The van der Waals surface area contributed by atoms with Crippen LogP contribution in [0.1, 0.15) is 6.92 Å². The van der Waals surface area contributed by atoms with Crippen LogP contribution in [0.4, 0.5) is 5.69 Å². The van der Waals surface area contributed by atoms with Gasteiger partial charge < -0.3 is 4.74 Å². The van der Waals surface area contributed by atoms with Crippen molar-refractivity contribution in [1.29, 1.82) is 0 Å².